The zero-order chi connectivity index (χ0) is 89.1. The Kier molecular flexibility index (Phi) is 32.8. The van der Waals surface area contributed by atoms with Crippen LogP contribution >= 0.6 is 136 Å². The number of nitrogens with zero attached hydrogens (tertiary/aromatic N) is 4. The van der Waals surface area contributed by atoms with Crippen LogP contribution in [0, 0.1) is 68.8 Å². The molecule has 12 atom stereocenters. The average Bonchev–Trinajstić information content (AvgIpc) is 1.55. The lowest BCUT2D eigenvalue weighted by Gasteiger charge is -2.30. The average molecular weight is 2430 g/mol. The highest BCUT2D eigenvalue weighted by Crippen LogP contribution is 2.60. The maximum absolute atomic E-state index is 13.3. The van der Waals surface area contributed by atoms with Crippen molar-refractivity contribution < 1.29 is 105 Å². The number of halogens is 10. The van der Waals surface area contributed by atoms with Crippen molar-refractivity contribution in [3.8, 4) is 46.0 Å². The van der Waals surface area contributed by atoms with Gasteiger partial charge in [-0.15, -0.1) is 0 Å². The van der Waals surface area contributed by atoms with E-state index in [0.29, 0.717) is 46.7 Å². The highest BCUT2D eigenvalue weighted by molar-refractivity contribution is 14.1. The van der Waals surface area contributed by atoms with E-state index in [4.69, 9.17) is 38.3 Å². The number of rotatable bonds is 17. The molecule has 12 unspecified atom stereocenters. The molecule has 0 amide bonds. The summed E-state index contributed by atoms with van der Waals surface area (Å²) < 4.78 is 94.7. The van der Waals surface area contributed by atoms with Crippen LogP contribution in [0.3, 0.4) is 0 Å². The van der Waals surface area contributed by atoms with Gasteiger partial charge in [0.1, 0.15) is 77.0 Å². The molecule has 4 aliphatic carbocycles. The summed E-state index contributed by atoms with van der Waals surface area (Å²) in [6.45, 7) is 0.751. The molecular formula is C92H76F4I6N4O18S2+2. The normalized spacial score (nSPS) is 20.4. The van der Waals surface area contributed by atoms with Gasteiger partial charge >= 0.3 is 53.7 Å². The second-order valence-corrected chi connectivity index (χ2v) is 40.1. The van der Waals surface area contributed by atoms with Crippen molar-refractivity contribution in [2.24, 2.45) is 47.3 Å². The minimum absolute atomic E-state index is 0. The summed E-state index contributed by atoms with van der Waals surface area (Å²) in [5, 5.41) is 37.1. The number of benzene rings is 10. The van der Waals surface area contributed by atoms with Crippen molar-refractivity contribution in [3.63, 3.8) is 0 Å². The van der Waals surface area contributed by atoms with Crippen LogP contribution in [0.15, 0.2) is 309 Å². The van der Waals surface area contributed by atoms with Gasteiger partial charge in [0.25, 0.3) is 0 Å². The number of aliphatic hydroxyl groups excluding tert-OH is 1. The number of phenolic OH excluding ortho intramolecular Hbond substituents is 2. The molecule has 34 heteroatoms. The van der Waals surface area contributed by atoms with Crippen molar-refractivity contribution in [2.45, 2.75) is 99.7 Å². The summed E-state index contributed by atoms with van der Waals surface area (Å²) >= 11 is 12.3. The summed E-state index contributed by atoms with van der Waals surface area (Å²) in [4.78, 5) is 97.6. The molecule has 0 spiro atoms. The molecule has 10 aromatic carbocycles. The molecule has 4 saturated carbocycles. The van der Waals surface area contributed by atoms with Gasteiger partial charge < -0.3 is 53.6 Å². The topological polar surface area (TPSA) is 301 Å². The maximum Gasteiger partial charge on any atom is 0.377 e. The van der Waals surface area contributed by atoms with E-state index in [0.717, 1.165) is 23.0 Å². The molecular weight excluding hydrogens is 2350 g/mol. The Balaban J connectivity index is 0.000000143. The molecule has 22 nitrogen and oxygen atoms in total. The summed E-state index contributed by atoms with van der Waals surface area (Å²) in [6.07, 6.45) is 6.94. The number of carbonyl (C=O) groups excluding carboxylic acids is 6. The van der Waals surface area contributed by atoms with Crippen molar-refractivity contribution in [3.05, 3.63) is 302 Å². The first-order valence-electron chi connectivity index (χ1n) is 38.1. The summed E-state index contributed by atoms with van der Waals surface area (Å²) in [6, 6.07) is 81.6. The Morgan fingerprint density at radius 2 is 0.778 bits per heavy atom. The first kappa shape index (κ1) is 96.2. The number of fused-ring (bicyclic) bond motifs is 2. The number of carboxylic acid groups (broad SMARTS) is 1. The van der Waals surface area contributed by atoms with Crippen LogP contribution in [0.2, 0.25) is 0 Å². The van der Waals surface area contributed by atoms with E-state index in [2.05, 4.69) is 225 Å². The van der Waals surface area contributed by atoms with E-state index >= 15 is 0 Å². The lowest BCUT2D eigenvalue weighted by molar-refractivity contribution is -0.185. The van der Waals surface area contributed by atoms with Crippen LogP contribution in [0.4, 0.5) is 22.4 Å². The van der Waals surface area contributed by atoms with E-state index in [1.807, 2.05) is 139 Å². The van der Waals surface area contributed by atoms with Crippen LogP contribution in [0.1, 0.15) is 34.1 Å². The lowest BCUT2D eigenvalue weighted by atomic mass is 9.78. The van der Waals surface area contributed by atoms with Crippen LogP contribution in [0.25, 0.3) is 0 Å². The largest absolute Gasteiger partial charge is 0.507 e. The van der Waals surface area contributed by atoms with Crippen molar-refractivity contribution >= 4 is 199 Å². The third kappa shape index (κ3) is 23.4. The number of aromatic hydroxyl groups is 2. The summed E-state index contributed by atoms with van der Waals surface area (Å²) in [5.74, 6) is -13.5. The van der Waals surface area contributed by atoms with E-state index in [-0.39, 0.29) is 70.2 Å². The summed E-state index contributed by atoms with van der Waals surface area (Å²) in [7, 11) is -0.258. The molecule has 4 N–H and O–H groups in total. The monoisotopic (exact) mass is 2430 g/mol. The molecule has 0 radical (unpaired) electrons. The Morgan fingerprint density at radius 3 is 1.12 bits per heavy atom. The quantitative estimate of drug-likeness (QED) is 0.0164. The highest BCUT2D eigenvalue weighted by Gasteiger charge is 2.71. The molecule has 2 saturated heterocycles. The van der Waals surface area contributed by atoms with E-state index in [1.165, 1.54) is 76.5 Å². The fourth-order valence-corrected chi connectivity index (χ4v) is 22.0. The fourth-order valence-electron chi connectivity index (χ4n) is 15.1. The standard InChI is InChI=1S/2C24H18IOS.C18H14F2I2O7.C15H12I2O6.C7H6N4O.C3H4F2O2.CH4/c2*25-19-11-13-20(14-12-19)26-21-15-17-24(18-16-21)27(22-7-3-1-4-8-22)23-9-5-2-6-10-23;1-18(19,20)17(26)29-14-6-2-5-12(16(25)28-13(5)14)11(6)15(24)27-10-4-7(21)9(23)3-8(10)22;16-6-3-9(7(17)2-8(6)18)22-14(20)10-4-1-5-11(10)15(21)23-13(5)12(4)19;12-7(10-3-1-8-5-10)11-4-2-9-6-11;1-3(4,5)2(6)7;/h2*1-18H;3-6,11-14,23H,2H2,1H3;2-5,10-13,18-19H,1H2;1-6H;1H3,(H,6,7);1H4/q2*+1;;;;;. The van der Waals surface area contributed by atoms with Gasteiger partial charge in [0.15, 0.2) is 29.4 Å². The smallest absolute Gasteiger partial charge is 0.377 e. The number of aromatic nitrogens is 4. The van der Waals surface area contributed by atoms with E-state index in [9.17, 15) is 66.4 Å². The number of imidazole rings is 2. The number of ether oxygens (including phenoxy) is 7. The predicted octanol–water partition coefficient (Wildman–Crippen LogP) is 20.9. The first-order chi connectivity index (χ1) is 59.8. The molecule has 2 aromatic heterocycles. The number of carbonyl (C=O) groups is 7. The third-order valence-corrected chi connectivity index (χ3v) is 30.0. The van der Waals surface area contributed by atoms with E-state index < -0.39 is 102 Å². The number of hydrogen-bond acceptors (Lipinski definition) is 19. The Labute approximate surface area is 808 Å². The van der Waals surface area contributed by atoms with Gasteiger partial charge in [-0.05, 0) is 318 Å². The summed E-state index contributed by atoms with van der Waals surface area (Å²) in [5.41, 5.74) is 0. The third-order valence-electron chi connectivity index (χ3n) is 20.7. The Bertz CT molecular complexity index is 5510. The Hall–Kier alpha value is -8.93. The SMILES string of the molecule is C.CC(F)(F)C(=O)O.CC(F)(F)C(=O)OC1C2CC3C1OC(=O)C3C2C(=O)Oc1cc(I)c(O)cc1I.Ic1ccc(Oc2ccc([S+](c3ccccc3)c3ccccc3)cc2)cc1.Ic1ccc(Oc2ccc([S+](c3ccccc3)c3ccccc3)cc2)cc1.O=C(Oc1cc(I)c(O)cc1I)C1C2CC3C(OC(=O)C31)C2O.O=C(n1ccnc1)n1ccnc1. The molecule has 12 aromatic rings. The number of aliphatic carboxylic acids is 1. The van der Waals surface area contributed by atoms with Crippen LogP contribution < -0.4 is 18.9 Å². The van der Waals surface area contributed by atoms with Gasteiger partial charge in [-0.1, -0.05) is 80.2 Å². The number of phenols is 2. The number of esters is 5. The molecule has 18 rings (SSSR count). The molecule has 6 fully saturated rings. The Morgan fingerprint density at radius 1 is 0.452 bits per heavy atom. The van der Waals surface area contributed by atoms with Gasteiger partial charge in [-0.2, -0.15) is 17.6 Å². The molecule has 126 heavy (non-hydrogen) atoms. The molecule has 2 aliphatic heterocycles. The second kappa shape index (κ2) is 43.0. The second-order valence-electron chi connectivity index (χ2n) is 28.9. The van der Waals surface area contributed by atoms with Gasteiger partial charge in [0, 0.05) is 69.4 Å². The zero-order valence-corrected chi connectivity index (χ0v) is 79.9. The van der Waals surface area contributed by atoms with Gasteiger partial charge in [0.05, 0.1) is 65.8 Å². The van der Waals surface area contributed by atoms with Crippen molar-refractivity contribution in [1.82, 2.24) is 19.1 Å². The maximum atomic E-state index is 13.3. The van der Waals surface area contributed by atoms with Crippen LogP contribution in [-0.4, -0.2) is 118 Å². The number of alkyl halides is 4. The fraction of sp³-hybridized carbons (Fsp3) is 0.207. The van der Waals surface area contributed by atoms with Gasteiger partial charge in [-0.3, -0.25) is 28.3 Å². The minimum atomic E-state index is -3.70. The van der Waals surface area contributed by atoms with Gasteiger partial charge in [-0.25, -0.2) is 24.4 Å². The first-order valence-corrected chi connectivity index (χ1v) is 47.1. The highest BCUT2D eigenvalue weighted by atomic mass is 127. The van der Waals surface area contributed by atoms with E-state index in [1.54, 1.807) is 30.9 Å². The van der Waals surface area contributed by atoms with Crippen LogP contribution in [-0.2, 0) is 64.8 Å². The molecule has 652 valence electrons. The predicted molar refractivity (Wildman–Crippen MR) is 509 cm³/mol. The lowest BCUT2D eigenvalue weighted by Crippen LogP contribution is -2.46. The number of aliphatic hydroxyl groups is 1. The number of carboxylic acids is 1. The zero-order valence-electron chi connectivity index (χ0n) is 65.3. The minimum Gasteiger partial charge on any atom is -0.507 e. The van der Waals surface area contributed by atoms with Crippen molar-refractivity contribution in [2.75, 3.05) is 0 Å². The van der Waals surface area contributed by atoms with Crippen molar-refractivity contribution in [1.29, 1.82) is 0 Å². The number of hydrogen-bond donors (Lipinski definition) is 4. The van der Waals surface area contributed by atoms with Gasteiger partial charge in [0.2, 0.25) is 0 Å². The molecule has 4 bridgehead atoms. The molecule has 6 aliphatic rings. The molecule has 4 heterocycles. The van der Waals surface area contributed by atoms with Crippen LogP contribution in [0.5, 0.6) is 46.0 Å².